The van der Waals surface area contributed by atoms with E-state index >= 15 is 0 Å². The predicted molar refractivity (Wildman–Crippen MR) is 109 cm³/mol. The molecule has 0 saturated heterocycles. The Bertz CT molecular complexity index is 949. The van der Waals surface area contributed by atoms with Gasteiger partial charge in [-0.3, -0.25) is 9.59 Å². The van der Waals surface area contributed by atoms with Crippen LogP contribution in [0.15, 0.2) is 78.9 Å². The first-order chi connectivity index (χ1) is 13.0. The number of carbonyl (C=O) groups is 2. The van der Waals surface area contributed by atoms with Gasteiger partial charge in [-0.2, -0.15) is 0 Å². The highest BCUT2D eigenvalue weighted by molar-refractivity contribution is 6.08. The van der Waals surface area contributed by atoms with E-state index in [4.69, 9.17) is 0 Å². The van der Waals surface area contributed by atoms with Crippen LogP contribution in [0.4, 0.5) is 11.4 Å². The highest BCUT2D eigenvalue weighted by atomic mass is 16.2. The first kappa shape index (κ1) is 18.4. The van der Waals surface area contributed by atoms with Crippen LogP contribution in [0.5, 0.6) is 0 Å². The average molecular weight is 358 g/mol. The van der Waals surface area contributed by atoms with Crippen molar-refractivity contribution in [1.29, 1.82) is 0 Å². The molecule has 4 nitrogen and oxygen atoms in total. The summed E-state index contributed by atoms with van der Waals surface area (Å²) in [5.74, 6) is -0.194. The van der Waals surface area contributed by atoms with Crippen LogP contribution >= 0.6 is 0 Å². The van der Waals surface area contributed by atoms with Crippen LogP contribution < -0.4 is 10.6 Å². The number of rotatable bonds is 5. The van der Waals surface area contributed by atoms with Gasteiger partial charge in [0.15, 0.2) is 0 Å². The third-order valence-electron chi connectivity index (χ3n) is 4.25. The Kier molecular flexibility index (Phi) is 5.67. The summed E-state index contributed by atoms with van der Waals surface area (Å²) in [5, 5.41) is 5.78. The molecular formula is C23H22N2O2. The number of carbonyl (C=O) groups excluding carboxylic acids is 2. The lowest BCUT2D eigenvalue weighted by Gasteiger charge is -2.14. The summed E-state index contributed by atoms with van der Waals surface area (Å²) in [7, 11) is 0. The Morgan fingerprint density at radius 1 is 0.704 bits per heavy atom. The lowest BCUT2D eigenvalue weighted by atomic mass is 10.0. The van der Waals surface area contributed by atoms with Crippen LogP contribution in [-0.4, -0.2) is 11.8 Å². The molecule has 0 unspecified atom stereocenters. The minimum atomic E-state index is -0.251. The van der Waals surface area contributed by atoms with Crippen molar-refractivity contribution in [2.24, 2.45) is 0 Å². The van der Waals surface area contributed by atoms with Gasteiger partial charge in [0.25, 0.3) is 11.8 Å². The van der Waals surface area contributed by atoms with Gasteiger partial charge in [0, 0.05) is 22.5 Å². The molecule has 0 saturated carbocycles. The molecule has 0 atom stereocenters. The SMILES string of the molecule is CC(C)c1ccccc1NC(=O)c1cccc(C(=O)Nc2ccccc2)c1. The molecule has 27 heavy (non-hydrogen) atoms. The maximum Gasteiger partial charge on any atom is 0.255 e. The highest BCUT2D eigenvalue weighted by Crippen LogP contribution is 2.24. The topological polar surface area (TPSA) is 58.2 Å². The number of amides is 2. The Labute approximate surface area is 159 Å². The zero-order chi connectivity index (χ0) is 19.2. The summed E-state index contributed by atoms with van der Waals surface area (Å²) in [5.41, 5.74) is 3.45. The van der Waals surface area contributed by atoms with E-state index < -0.39 is 0 Å². The van der Waals surface area contributed by atoms with Gasteiger partial charge in [0.1, 0.15) is 0 Å². The number of anilines is 2. The van der Waals surface area contributed by atoms with Gasteiger partial charge in [0.05, 0.1) is 0 Å². The number of hydrogen-bond donors (Lipinski definition) is 2. The molecule has 0 radical (unpaired) electrons. The second-order valence-electron chi connectivity index (χ2n) is 6.60. The molecule has 0 aliphatic heterocycles. The van der Waals surface area contributed by atoms with E-state index in [2.05, 4.69) is 24.5 Å². The van der Waals surface area contributed by atoms with Gasteiger partial charge in [0.2, 0.25) is 0 Å². The first-order valence-electron chi connectivity index (χ1n) is 8.91. The Hall–Kier alpha value is -3.40. The van der Waals surface area contributed by atoms with Crippen molar-refractivity contribution in [1.82, 2.24) is 0 Å². The molecule has 2 amide bonds. The van der Waals surface area contributed by atoms with Gasteiger partial charge in [-0.15, -0.1) is 0 Å². The molecule has 0 bridgehead atoms. The van der Waals surface area contributed by atoms with Crippen molar-refractivity contribution in [2.45, 2.75) is 19.8 Å². The predicted octanol–water partition coefficient (Wildman–Crippen LogP) is 5.31. The summed E-state index contributed by atoms with van der Waals surface area (Å²) in [6, 6.07) is 23.7. The summed E-state index contributed by atoms with van der Waals surface area (Å²) in [4.78, 5) is 25.1. The maximum atomic E-state index is 12.7. The van der Waals surface area contributed by atoms with Crippen molar-refractivity contribution in [3.63, 3.8) is 0 Å². The summed E-state index contributed by atoms with van der Waals surface area (Å²) in [6.45, 7) is 4.17. The monoisotopic (exact) mass is 358 g/mol. The average Bonchev–Trinajstić information content (AvgIpc) is 2.69. The van der Waals surface area contributed by atoms with Crippen molar-refractivity contribution >= 4 is 23.2 Å². The zero-order valence-corrected chi connectivity index (χ0v) is 15.4. The maximum absolute atomic E-state index is 12.7. The van der Waals surface area contributed by atoms with E-state index in [9.17, 15) is 9.59 Å². The zero-order valence-electron chi connectivity index (χ0n) is 15.4. The number of benzene rings is 3. The molecule has 3 aromatic rings. The van der Waals surface area contributed by atoms with Crippen molar-refractivity contribution in [2.75, 3.05) is 10.6 Å². The standard InChI is InChI=1S/C23H22N2O2/c1-16(2)20-13-6-7-14-21(20)25-23(27)18-10-8-9-17(15-18)22(26)24-19-11-4-3-5-12-19/h3-16H,1-2H3,(H,24,26)(H,25,27). The fourth-order valence-electron chi connectivity index (χ4n) is 2.84. The van der Waals surface area contributed by atoms with Crippen molar-refractivity contribution in [3.05, 3.63) is 95.6 Å². The molecule has 0 fully saturated rings. The Morgan fingerprint density at radius 2 is 1.30 bits per heavy atom. The smallest absolute Gasteiger partial charge is 0.255 e. The van der Waals surface area contributed by atoms with E-state index in [1.807, 2.05) is 54.6 Å². The molecule has 3 aromatic carbocycles. The van der Waals surface area contributed by atoms with E-state index in [1.165, 1.54) is 0 Å². The van der Waals surface area contributed by atoms with Gasteiger partial charge in [-0.25, -0.2) is 0 Å². The molecule has 0 heterocycles. The van der Waals surface area contributed by atoms with E-state index in [0.717, 1.165) is 11.3 Å². The molecular weight excluding hydrogens is 336 g/mol. The number of hydrogen-bond acceptors (Lipinski definition) is 2. The van der Waals surface area contributed by atoms with Crippen LogP contribution in [0, 0.1) is 0 Å². The molecule has 0 aliphatic rings. The highest BCUT2D eigenvalue weighted by Gasteiger charge is 2.13. The normalized spacial score (nSPS) is 10.5. The molecule has 2 N–H and O–H groups in total. The molecule has 0 aromatic heterocycles. The van der Waals surface area contributed by atoms with Crippen LogP contribution in [0.25, 0.3) is 0 Å². The van der Waals surface area contributed by atoms with Crippen LogP contribution in [0.2, 0.25) is 0 Å². The van der Waals surface area contributed by atoms with Crippen molar-refractivity contribution in [3.8, 4) is 0 Å². The Morgan fingerprint density at radius 3 is 1.96 bits per heavy atom. The first-order valence-corrected chi connectivity index (χ1v) is 8.91. The molecule has 136 valence electrons. The van der Waals surface area contributed by atoms with E-state index in [0.29, 0.717) is 22.7 Å². The fourth-order valence-corrected chi connectivity index (χ4v) is 2.84. The van der Waals surface area contributed by atoms with Crippen LogP contribution in [-0.2, 0) is 0 Å². The minimum Gasteiger partial charge on any atom is -0.322 e. The van der Waals surface area contributed by atoms with Crippen LogP contribution in [0.3, 0.4) is 0 Å². The molecule has 0 spiro atoms. The van der Waals surface area contributed by atoms with Crippen molar-refractivity contribution < 1.29 is 9.59 Å². The molecule has 3 rings (SSSR count). The quantitative estimate of drug-likeness (QED) is 0.649. The van der Waals surface area contributed by atoms with Gasteiger partial charge in [-0.05, 0) is 47.9 Å². The van der Waals surface area contributed by atoms with Gasteiger partial charge >= 0.3 is 0 Å². The largest absolute Gasteiger partial charge is 0.322 e. The Balaban J connectivity index is 1.77. The summed E-state index contributed by atoms with van der Waals surface area (Å²) in [6.07, 6.45) is 0. The second-order valence-corrected chi connectivity index (χ2v) is 6.60. The second kappa shape index (κ2) is 8.32. The number of nitrogens with one attached hydrogen (secondary N) is 2. The van der Waals surface area contributed by atoms with E-state index in [1.54, 1.807) is 24.3 Å². The molecule has 0 aliphatic carbocycles. The van der Waals surface area contributed by atoms with Crippen LogP contribution in [0.1, 0.15) is 46.0 Å². The van der Waals surface area contributed by atoms with Gasteiger partial charge in [-0.1, -0.05) is 56.3 Å². The third kappa shape index (κ3) is 4.61. The molecule has 4 heteroatoms. The van der Waals surface area contributed by atoms with Gasteiger partial charge < -0.3 is 10.6 Å². The van der Waals surface area contributed by atoms with E-state index in [-0.39, 0.29) is 11.8 Å². The summed E-state index contributed by atoms with van der Waals surface area (Å²) >= 11 is 0. The minimum absolute atomic E-state index is 0.238. The fraction of sp³-hybridized carbons (Fsp3) is 0.130. The third-order valence-corrected chi connectivity index (χ3v) is 4.25. The lowest BCUT2D eigenvalue weighted by molar-refractivity contribution is 0.102. The lowest BCUT2D eigenvalue weighted by Crippen LogP contribution is -2.16. The number of para-hydroxylation sites is 2. The summed E-state index contributed by atoms with van der Waals surface area (Å²) < 4.78 is 0.